The van der Waals surface area contributed by atoms with Gasteiger partial charge in [0.05, 0.1) is 18.7 Å². The van der Waals surface area contributed by atoms with E-state index in [4.69, 9.17) is 0 Å². The monoisotopic (exact) mass is 482 g/mol. The molecule has 0 unspecified atom stereocenters. The van der Waals surface area contributed by atoms with E-state index in [-0.39, 0.29) is 44.0 Å². The Bertz CT molecular complexity index is 1050. The maximum atomic E-state index is 12.9. The van der Waals surface area contributed by atoms with Crippen molar-refractivity contribution in [3.63, 3.8) is 0 Å². The van der Waals surface area contributed by atoms with Gasteiger partial charge in [0.25, 0.3) is 5.91 Å². The molecule has 34 heavy (non-hydrogen) atoms. The number of aromatic nitrogens is 4. The van der Waals surface area contributed by atoms with Crippen molar-refractivity contribution < 1.29 is 27.9 Å². The first-order valence-corrected chi connectivity index (χ1v) is 10.8. The summed E-state index contributed by atoms with van der Waals surface area (Å²) in [5.74, 6) is -0.705. The molecule has 0 aromatic carbocycles. The van der Waals surface area contributed by atoms with Gasteiger partial charge < -0.3 is 25.2 Å². The number of rotatable bonds is 7. The number of nitrogens with one attached hydrogen (secondary N) is 2. The molecule has 2 aliphatic heterocycles. The largest absolute Gasteiger partial charge is 0.451 e. The Kier molecular flexibility index (Phi) is 6.70. The number of anilines is 1. The molecule has 0 bridgehead atoms. The quantitative estimate of drug-likeness (QED) is 0.501. The number of carbonyl (C=O) groups excluding carboxylic acids is 2. The molecule has 0 saturated carbocycles. The molecule has 1 fully saturated rings. The summed E-state index contributed by atoms with van der Waals surface area (Å²) in [4.78, 5) is 31.4. The molecule has 1 saturated heterocycles. The standard InChI is InChI=1S/C20H25F3N8O3/c1-12(32)30-8-14(9-30)26-16-6-13(2-3-24-16)18(34)25-7-15(33)10-29-4-5-31-17(11-29)27-28-19(31)20(21,22)23/h2-3,6,14-15,33H,4-5,7-11H2,1H3,(H,24,26)(H,25,34)/t15-/m0/s1. The number of hydrogen-bond acceptors (Lipinski definition) is 8. The lowest BCUT2D eigenvalue weighted by molar-refractivity contribution is -0.148. The summed E-state index contributed by atoms with van der Waals surface area (Å²) in [5, 5.41) is 23.0. The lowest BCUT2D eigenvalue weighted by Gasteiger charge is -2.39. The van der Waals surface area contributed by atoms with Crippen LogP contribution >= 0.6 is 0 Å². The topological polar surface area (TPSA) is 129 Å². The van der Waals surface area contributed by atoms with Crippen molar-refractivity contribution >= 4 is 17.6 Å². The van der Waals surface area contributed by atoms with Gasteiger partial charge in [-0.15, -0.1) is 10.2 Å². The van der Waals surface area contributed by atoms with Crippen LogP contribution in [0.4, 0.5) is 19.0 Å². The van der Waals surface area contributed by atoms with E-state index in [0.717, 1.165) is 4.57 Å². The van der Waals surface area contributed by atoms with Crippen molar-refractivity contribution in [1.29, 1.82) is 0 Å². The van der Waals surface area contributed by atoms with Gasteiger partial charge in [0.2, 0.25) is 11.7 Å². The molecule has 11 nitrogen and oxygen atoms in total. The molecular weight excluding hydrogens is 457 g/mol. The first-order chi connectivity index (χ1) is 16.1. The summed E-state index contributed by atoms with van der Waals surface area (Å²) >= 11 is 0. The summed E-state index contributed by atoms with van der Waals surface area (Å²) < 4.78 is 39.9. The van der Waals surface area contributed by atoms with Crippen LogP contribution in [0.2, 0.25) is 0 Å². The van der Waals surface area contributed by atoms with E-state index in [9.17, 15) is 27.9 Å². The normalized spacial score (nSPS) is 17.6. The fourth-order valence-corrected chi connectivity index (χ4v) is 3.94. The van der Waals surface area contributed by atoms with Gasteiger partial charge in [-0.25, -0.2) is 4.98 Å². The fraction of sp³-hybridized carbons (Fsp3) is 0.550. The minimum absolute atomic E-state index is 0.00944. The summed E-state index contributed by atoms with van der Waals surface area (Å²) in [6.45, 7) is 3.26. The number of pyridine rings is 1. The second-order valence-corrected chi connectivity index (χ2v) is 8.38. The number of nitrogens with zero attached hydrogens (tertiary/aromatic N) is 6. The van der Waals surface area contributed by atoms with Gasteiger partial charge in [0, 0.05) is 58.0 Å². The highest BCUT2D eigenvalue weighted by Crippen LogP contribution is 2.29. The summed E-state index contributed by atoms with van der Waals surface area (Å²) in [5.41, 5.74) is 0.359. The average Bonchev–Trinajstić information content (AvgIpc) is 3.18. The maximum Gasteiger partial charge on any atom is 0.451 e. The Balaban J connectivity index is 1.24. The predicted molar refractivity (Wildman–Crippen MR) is 113 cm³/mol. The Hall–Kier alpha value is -3.26. The number of carbonyl (C=O) groups is 2. The number of halogens is 3. The highest BCUT2D eigenvalue weighted by atomic mass is 19.4. The smallest absolute Gasteiger partial charge is 0.390 e. The molecule has 0 spiro atoms. The Morgan fingerprint density at radius 3 is 2.74 bits per heavy atom. The first kappa shape index (κ1) is 23.9. The average molecular weight is 482 g/mol. The van der Waals surface area contributed by atoms with Crippen molar-refractivity contribution in [2.24, 2.45) is 0 Å². The molecule has 0 aliphatic carbocycles. The van der Waals surface area contributed by atoms with Crippen molar-refractivity contribution in [2.45, 2.75) is 38.3 Å². The van der Waals surface area contributed by atoms with Crippen LogP contribution in [-0.4, -0.2) is 91.3 Å². The predicted octanol–water partition coefficient (Wildman–Crippen LogP) is -0.0590. The molecule has 14 heteroatoms. The van der Waals surface area contributed by atoms with Gasteiger partial charge in [-0.05, 0) is 12.1 Å². The van der Waals surface area contributed by atoms with Crippen LogP contribution in [-0.2, 0) is 24.1 Å². The molecule has 3 N–H and O–H groups in total. The second kappa shape index (κ2) is 9.54. The molecule has 2 aromatic rings. The zero-order chi connectivity index (χ0) is 24.5. The third kappa shape index (κ3) is 5.44. The number of amides is 2. The SMILES string of the molecule is CC(=O)N1CC(Nc2cc(C(=O)NC[C@H](O)CN3CCn4c(nnc4C(F)(F)F)C3)ccn2)C1. The first-order valence-electron chi connectivity index (χ1n) is 10.8. The zero-order valence-corrected chi connectivity index (χ0v) is 18.4. The van der Waals surface area contributed by atoms with Gasteiger partial charge in [-0.1, -0.05) is 0 Å². The van der Waals surface area contributed by atoms with Gasteiger partial charge in [0.15, 0.2) is 0 Å². The number of aliphatic hydroxyl groups excluding tert-OH is 1. The molecule has 2 aliphatic rings. The summed E-state index contributed by atoms with van der Waals surface area (Å²) in [6.07, 6.45) is -3.99. The van der Waals surface area contributed by atoms with Crippen molar-refractivity contribution in [3.05, 3.63) is 35.5 Å². The third-order valence-corrected chi connectivity index (χ3v) is 5.75. The van der Waals surface area contributed by atoms with Crippen molar-refractivity contribution in [2.75, 3.05) is 38.0 Å². The molecule has 0 radical (unpaired) electrons. The van der Waals surface area contributed by atoms with E-state index in [1.165, 1.54) is 13.1 Å². The fourth-order valence-electron chi connectivity index (χ4n) is 3.94. The lowest BCUT2D eigenvalue weighted by Crippen LogP contribution is -2.56. The minimum Gasteiger partial charge on any atom is -0.390 e. The van der Waals surface area contributed by atoms with Gasteiger partial charge in [-0.2, -0.15) is 13.2 Å². The van der Waals surface area contributed by atoms with E-state index in [1.54, 1.807) is 21.9 Å². The van der Waals surface area contributed by atoms with Crippen LogP contribution in [0.15, 0.2) is 18.3 Å². The number of aliphatic hydroxyl groups is 1. The number of fused-ring (bicyclic) bond motifs is 1. The Morgan fingerprint density at radius 1 is 1.26 bits per heavy atom. The summed E-state index contributed by atoms with van der Waals surface area (Å²) in [7, 11) is 0. The Morgan fingerprint density at radius 2 is 2.03 bits per heavy atom. The highest BCUT2D eigenvalue weighted by Gasteiger charge is 2.39. The van der Waals surface area contributed by atoms with Crippen LogP contribution in [0.3, 0.4) is 0 Å². The van der Waals surface area contributed by atoms with Gasteiger partial charge in [-0.3, -0.25) is 14.5 Å². The van der Waals surface area contributed by atoms with E-state index in [0.29, 0.717) is 31.0 Å². The number of alkyl halides is 3. The van der Waals surface area contributed by atoms with Crippen LogP contribution in [0.25, 0.3) is 0 Å². The number of β-amino-alcohol motifs (C(OH)–C–C–N with tert-alkyl or cyclic N) is 1. The molecule has 4 heterocycles. The maximum absolute atomic E-state index is 12.9. The van der Waals surface area contributed by atoms with Crippen LogP contribution in [0, 0.1) is 0 Å². The van der Waals surface area contributed by atoms with Crippen molar-refractivity contribution in [3.8, 4) is 0 Å². The van der Waals surface area contributed by atoms with Gasteiger partial charge in [0.1, 0.15) is 11.6 Å². The second-order valence-electron chi connectivity index (χ2n) is 8.38. The lowest BCUT2D eigenvalue weighted by atomic mass is 10.1. The minimum atomic E-state index is -4.56. The molecule has 4 rings (SSSR count). The zero-order valence-electron chi connectivity index (χ0n) is 18.4. The van der Waals surface area contributed by atoms with Crippen LogP contribution < -0.4 is 10.6 Å². The molecular formula is C20H25F3N8O3. The molecule has 2 aromatic heterocycles. The third-order valence-electron chi connectivity index (χ3n) is 5.75. The number of hydrogen-bond donors (Lipinski definition) is 3. The van der Waals surface area contributed by atoms with Crippen LogP contribution in [0.5, 0.6) is 0 Å². The van der Waals surface area contributed by atoms with E-state index < -0.39 is 24.0 Å². The Labute approximate surface area is 193 Å². The summed E-state index contributed by atoms with van der Waals surface area (Å²) in [6, 6.07) is 3.21. The van der Waals surface area contributed by atoms with Crippen LogP contribution in [0.1, 0.15) is 28.9 Å². The van der Waals surface area contributed by atoms with Crippen molar-refractivity contribution in [1.82, 2.24) is 34.9 Å². The van der Waals surface area contributed by atoms with E-state index in [1.807, 2.05) is 0 Å². The molecule has 1 atom stereocenters. The highest BCUT2D eigenvalue weighted by molar-refractivity contribution is 5.94. The number of likely N-dealkylation sites (tertiary alicyclic amines) is 1. The van der Waals surface area contributed by atoms with E-state index in [2.05, 4.69) is 25.8 Å². The van der Waals surface area contributed by atoms with E-state index >= 15 is 0 Å². The molecule has 2 amide bonds. The van der Waals surface area contributed by atoms with Gasteiger partial charge >= 0.3 is 6.18 Å². The molecule has 184 valence electrons.